The lowest BCUT2D eigenvalue weighted by molar-refractivity contribution is -0.128. The molecule has 6 nitrogen and oxygen atoms in total. The molecule has 2 amide bonds. The highest BCUT2D eigenvalue weighted by Gasteiger charge is 2.33. The van der Waals surface area contributed by atoms with E-state index < -0.39 is 6.29 Å². The highest BCUT2D eigenvalue weighted by atomic mass is 32.2. The smallest absolute Gasteiger partial charge is 0.240 e. The topological polar surface area (TPSA) is 67.9 Å². The number of anilines is 1. The molecule has 0 saturated heterocycles. The van der Waals surface area contributed by atoms with Gasteiger partial charge in [0.2, 0.25) is 11.8 Å². The molecule has 24 heavy (non-hydrogen) atoms. The molecule has 0 spiro atoms. The van der Waals surface area contributed by atoms with Crippen LogP contribution in [0.5, 0.6) is 0 Å². The van der Waals surface area contributed by atoms with Gasteiger partial charge in [0.15, 0.2) is 6.29 Å². The van der Waals surface area contributed by atoms with Crippen LogP contribution in [0, 0.1) is 0 Å². The third kappa shape index (κ3) is 4.72. The van der Waals surface area contributed by atoms with Crippen LogP contribution in [0.15, 0.2) is 29.2 Å². The first-order chi connectivity index (χ1) is 11.4. The normalized spacial score (nSPS) is 16.7. The van der Waals surface area contributed by atoms with Gasteiger partial charge in [-0.3, -0.25) is 9.59 Å². The summed E-state index contributed by atoms with van der Waals surface area (Å²) in [5.41, 5.74) is 0.781. The minimum absolute atomic E-state index is 0.0212. The minimum atomic E-state index is -0.504. The van der Waals surface area contributed by atoms with E-state index in [0.717, 1.165) is 10.6 Å². The SMILES string of the molecule is COC(CNC(=O)CN1C(=O)CC(C)(C)Sc2ccccc21)OC. The molecule has 1 N–H and O–H groups in total. The number of hydrogen-bond acceptors (Lipinski definition) is 5. The lowest BCUT2D eigenvalue weighted by Crippen LogP contribution is -2.44. The summed E-state index contributed by atoms with van der Waals surface area (Å²) in [5, 5.41) is 2.73. The van der Waals surface area contributed by atoms with Crippen molar-refractivity contribution in [2.24, 2.45) is 0 Å². The maximum atomic E-state index is 12.7. The van der Waals surface area contributed by atoms with Crippen LogP contribution in [-0.4, -0.2) is 50.2 Å². The average molecular weight is 352 g/mol. The highest BCUT2D eigenvalue weighted by Crippen LogP contribution is 2.43. The van der Waals surface area contributed by atoms with E-state index in [1.807, 2.05) is 38.1 Å². The highest BCUT2D eigenvalue weighted by molar-refractivity contribution is 8.00. The number of carbonyl (C=O) groups is 2. The largest absolute Gasteiger partial charge is 0.354 e. The molecule has 132 valence electrons. The van der Waals surface area contributed by atoms with Gasteiger partial charge in [-0.2, -0.15) is 0 Å². The molecule has 0 radical (unpaired) electrons. The van der Waals surface area contributed by atoms with Crippen LogP contribution in [0.3, 0.4) is 0 Å². The fourth-order valence-corrected chi connectivity index (χ4v) is 3.75. The molecule has 0 unspecified atom stereocenters. The van der Waals surface area contributed by atoms with Gasteiger partial charge in [-0.1, -0.05) is 12.1 Å². The molecule has 7 heteroatoms. The Hall–Kier alpha value is -1.57. The van der Waals surface area contributed by atoms with E-state index in [0.29, 0.717) is 6.42 Å². The van der Waals surface area contributed by atoms with Crippen LogP contribution < -0.4 is 10.2 Å². The Balaban J connectivity index is 2.13. The standard InChI is InChI=1S/C17H24N2O4S/c1-17(2)9-15(21)19(12-7-5-6-8-13(12)24-17)11-14(20)18-10-16(22-3)23-4/h5-8,16H,9-11H2,1-4H3,(H,18,20). The maximum Gasteiger partial charge on any atom is 0.240 e. The van der Waals surface area contributed by atoms with E-state index in [9.17, 15) is 9.59 Å². The first-order valence-corrected chi connectivity index (χ1v) is 8.58. The zero-order valence-corrected chi connectivity index (χ0v) is 15.3. The summed E-state index contributed by atoms with van der Waals surface area (Å²) in [7, 11) is 3.02. The van der Waals surface area contributed by atoms with E-state index in [1.54, 1.807) is 16.7 Å². The number of nitrogens with one attached hydrogen (secondary N) is 1. The van der Waals surface area contributed by atoms with Gasteiger partial charge in [0.25, 0.3) is 0 Å². The van der Waals surface area contributed by atoms with Crippen molar-refractivity contribution in [1.29, 1.82) is 0 Å². The molecule has 1 aliphatic rings. The summed E-state index contributed by atoms with van der Waals surface area (Å²) < 4.78 is 9.87. The molecule has 1 aromatic carbocycles. The number of para-hydroxylation sites is 1. The Kier molecular flexibility index (Phi) is 6.26. The Morgan fingerprint density at radius 3 is 2.67 bits per heavy atom. The van der Waals surface area contributed by atoms with E-state index >= 15 is 0 Å². The van der Waals surface area contributed by atoms with Crippen molar-refractivity contribution < 1.29 is 19.1 Å². The van der Waals surface area contributed by atoms with Gasteiger partial charge < -0.3 is 19.7 Å². The number of methoxy groups -OCH3 is 2. The zero-order valence-electron chi connectivity index (χ0n) is 14.5. The maximum absolute atomic E-state index is 12.7. The molecule has 0 bridgehead atoms. The van der Waals surface area contributed by atoms with Crippen LogP contribution >= 0.6 is 11.8 Å². The van der Waals surface area contributed by atoms with E-state index in [-0.39, 0.29) is 29.7 Å². The second kappa shape index (κ2) is 8.00. The van der Waals surface area contributed by atoms with E-state index in [1.165, 1.54) is 14.2 Å². The van der Waals surface area contributed by atoms with Gasteiger partial charge in [0.05, 0.1) is 12.2 Å². The second-order valence-corrected chi connectivity index (χ2v) is 7.94. The average Bonchev–Trinajstić information content (AvgIpc) is 2.62. The Labute approximate surface area is 146 Å². The lowest BCUT2D eigenvalue weighted by Gasteiger charge is -2.23. The monoisotopic (exact) mass is 352 g/mol. The van der Waals surface area contributed by atoms with Crippen molar-refractivity contribution >= 4 is 29.3 Å². The van der Waals surface area contributed by atoms with Crippen molar-refractivity contribution in [2.45, 2.75) is 36.2 Å². The summed E-state index contributed by atoms with van der Waals surface area (Å²) in [5.74, 6) is -0.301. The van der Waals surface area contributed by atoms with Gasteiger partial charge in [-0.15, -0.1) is 11.8 Å². The van der Waals surface area contributed by atoms with Crippen LogP contribution in [0.2, 0.25) is 0 Å². The zero-order chi connectivity index (χ0) is 17.7. The van der Waals surface area contributed by atoms with Gasteiger partial charge in [-0.05, 0) is 26.0 Å². The summed E-state index contributed by atoms with van der Waals surface area (Å²) in [6.45, 7) is 4.29. The number of benzene rings is 1. The lowest BCUT2D eigenvalue weighted by atomic mass is 10.1. The molecule has 1 heterocycles. The van der Waals surface area contributed by atoms with Crippen molar-refractivity contribution in [3.8, 4) is 0 Å². The molecular formula is C17H24N2O4S. The third-order valence-corrected chi connectivity index (χ3v) is 4.98. The number of rotatable bonds is 6. The van der Waals surface area contributed by atoms with Gasteiger partial charge in [0.1, 0.15) is 6.54 Å². The molecular weight excluding hydrogens is 328 g/mol. The van der Waals surface area contributed by atoms with E-state index in [2.05, 4.69) is 5.32 Å². The molecule has 2 rings (SSSR count). The van der Waals surface area contributed by atoms with Gasteiger partial charge in [-0.25, -0.2) is 0 Å². The molecule has 0 fully saturated rings. The van der Waals surface area contributed by atoms with Crippen molar-refractivity contribution in [1.82, 2.24) is 5.32 Å². The Morgan fingerprint density at radius 1 is 1.33 bits per heavy atom. The number of ether oxygens (including phenoxy) is 2. The number of nitrogens with zero attached hydrogens (tertiary/aromatic N) is 1. The van der Waals surface area contributed by atoms with Crippen LogP contribution in [0.1, 0.15) is 20.3 Å². The minimum Gasteiger partial charge on any atom is -0.354 e. The Bertz CT molecular complexity index is 602. The number of amides is 2. The predicted molar refractivity (Wildman–Crippen MR) is 94.2 cm³/mol. The van der Waals surface area contributed by atoms with Crippen LogP contribution in [0.25, 0.3) is 0 Å². The van der Waals surface area contributed by atoms with Crippen molar-refractivity contribution in [2.75, 3.05) is 32.2 Å². The van der Waals surface area contributed by atoms with Gasteiger partial charge >= 0.3 is 0 Å². The summed E-state index contributed by atoms with van der Waals surface area (Å²) in [4.78, 5) is 27.5. The molecule has 0 atom stereocenters. The van der Waals surface area contributed by atoms with Crippen LogP contribution in [-0.2, 0) is 19.1 Å². The number of hydrogen-bond donors (Lipinski definition) is 1. The molecule has 0 aliphatic carbocycles. The molecule has 0 saturated carbocycles. The van der Waals surface area contributed by atoms with Crippen LogP contribution in [0.4, 0.5) is 5.69 Å². The Morgan fingerprint density at radius 2 is 2.00 bits per heavy atom. The summed E-state index contributed by atoms with van der Waals surface area (Å²) in [6.07, 6.45) is -0.131. The summed E-state index contributed by atoms with van der Waals surface area (Å²) >= 11 is 1.66. The summed E-state index contributed by atoms with van der Waals surface area (Å²) in [6, 6.07) is 7.68. The number of carbonyl (C=O) groups excluding carboxylic acids is 2. The number of thioether (sulfide) groups is 1. The van der Waals surface area contributed by atoms with Crippen molar-refractivity contribution in [3.05, 3.63) is 24.3 Å². The quantitative estimate of drug-likeness (QED) is 0.794. The fourth-order valence-electron chi connectivity index (χ4n) is 2.53. The third-order valence-electron chi connectivity index (χ3n) is 3.71. The van der Waals surface area contributed by atoms with E-state index in [4.69, 9.17) is 9.47 Å². The number of fused-ring (bicyclic) bond motifs is 1. The molecule has 1 aliphatic heterocycles. The first kappa shape index (κ1) is 18.8. The molecule has 1 aromatic rings. The predicted octanol–water partition coefficient (Wildman–Crippen LogP) is 2.03. The fraction of sp³-hybridized carbons (Fsp3) is 0.529. The molecule has 0 aromatic heterocycles. The second-order valence-electron chi connectivity index (χ2n) is 6.19. The van der Waals surface area contributed by atoms with Crippen molar-refractivity contribution in [3.63, 3.8) is 0 Å². The first-order valence-electron chi connectivity index (χ1n) is 7.77. The van der Waals surface area contributed by atoms with Gasteiger partial charge in [0, 0.05) is 30.3 Å².